The van der Waals surface area contributed by atoms with Crippen LogP contribution in [0.5, 0.6) is 5.75 Å². The third-order valence-corrected chi connectivity index (χ3v) is 8.16. The van der Waals surface area contributed by atoms with E-state index in [0.717, 1.165) is 23.1 Å². The number of nitrogens with two attached hydrogens (primary N) is 1. The predicted octanol–water partition coefficient (Wildman–Crippen LogP) is 0.826. The fourth-order valence-electron chi connectivity index (χ4n) is 5.61. The van der Waals surface area contributed by atoms with Gasteiger partial charge in [0.1, 0.15) is 22.8 Å². The third-order valence-electron chi connectivity index (χ3n) is 7.30. The van der Waals surface area contributed by atoms with Gasteiger partial charge < -0.3 is 31.3 Å². The summed E-state index contributed by atoms with van der Waals surface area (Å²) in [5.41, 5.74) is -1.15. The lowest BCUT2D eigenvalue weighted by atomic mass is 9.55. The van der Waals surface area contributed by atoms with E-state index in [1.54, 1.807) is 0 Å². The number of hydrogen-bond acceptors (Lipinski definition) is 11. The number of Topliss-reactive ketones (excluding diaryl/α,β-unsaturated/α-hetero) is 2. The van der Waals surface area contributed by atoms with E-state index >= 15 is 0 Å². The number of primary amides is 1. The van der Waals surface area contributed by atoms with Crippen molar-refractivity contribution in [1.29, 1.82) is 0 Å². The van der Waals surface area contributed by atoms with E-state index in [-0.39, 0.29) is 5.56 Å². The van der Waals surface area contributed by atoms with Crippen LogP contribution in [0.4, 0.5) is 22.0 Å². The standard InChI is InChI=1S/C23H22F5N3O8S/c1-31(2)14-12-16(34)9-10(18(36)21(12,39)19(37)11(17(14)35)20(29)38)15(33)8-6(4-3-5-7(8)32)13(9)30-40-23(27,28)22(24,25)26/h3-5,9,12-14,16,30,32-34,37,39H,1-2H3,(H2,29,38)/t9-,12+,13-,14-,16-,21-/m0/s1. The Morgan fingerprint density at radius 3 is 2.25 bits per heavy atom. The lowest BCUT2D eigenvalue weighted by Gasteiger charge is -2.54. The van der Waals surface area contributed by atoms with Gasteiger partial charge in [0.25, 0.3) is 5.91 Å². The fourth-order valence-corrected chi connectivity index (χ4v) is 6.27. The second kappa shape index (κ2) is 9.41. The van der Waals surface area contributed by atoms with Crippen LogP contribution in [0, 0.1) is 11.8 Å². The Morgan fingerprint density at radius 2 is 1.73 bits per heavy atom. The highest BCUT2D eigenvalue weighted by Crippen LogP contribution is 2.56. The van der Waals surface area contributed by atoms with Crippen LogP contribution in [0.1, 0.15) is 17.2 Å². The smallest absolute Gasteiger partial charge is 0.465 e. The molecule has 4 rings (SSSR count). The molecule has 1 aromatic rings. The number of halogens is 5. The molecule has 1 amide bonds. The molecule has 0 unspecified atom stereocenters. The molecule has 3 aliphatic rings. The lowest BCUT2D eigenvalue weighted by Crippen LogP contribution is -2.70. The third kappa shape index (κ3) is 3.98. The number of fused-ring (bicyclic) bond motifs is 3. The second-order valence-electron chi connectivity index (χ2n) is 9.71. The van der Waals surface area contributed by atoms with Crippen LogP contribution in [0.25, 0.3) is 5.76 Å². The Balaban J connectivity index is 2.00. The van der Waals surface area contributed by atoms with E-state index in [1.807, 2.05) is 4.72 Å². The van der Waals surface area contributed by atoms with Crippen molar-refractivity contribution in [2.75, 3.05) is 14.1 Å². The number of alkyl halides is 5. The first-order valence-corrected chi connectivity index (χ1v) is 12.1. The van der Waals surface area contributed by atoms with Gasteiger partial charge in [-0.15, -0.1) is 0 Å². The number of likely N-dealkylation sites (N-methyl/N-ethyl adjacent to an activating group) is 1. The molecule has 0 heterocycles. The topological polar surface area (TPSA) is 194 Å². The summed E-state index contributed by atoms with van der Waals surface area (Å²) in [5.74, 6) is -11.7. The van der Waals surface area contributed by atoms with E-state index in [4.69, 9.17) is 5.73 Å². The molecule has 11 nitrogen and oxygen atoms in total. The highest BCUT2D eigenvalue weighted by atomic mass is 32.2. The second-order valence-corrected chi connectivity index (χ2v) is 10.7. The first-order chi connectivity index (χ1) is 18.3. The van der Waals surface area contributed by atoms with Crippen molar-refractivity contribution in [2.24, 2.45) is 17.6 Å². The number of phenolic OH excluding ortho intramolecular Hbond substituents is 1. The zero-order valence-electron chi connectivity index (χ0n) is 20.4. The van der Waals surface area contributed by atoms with Crippen LogP contribution >= 0.6 is 11.9 Å². The summed E-state index contributed by atoms with van der Waals surface area (Å²) in [4.78, 5) is 40.1. The van der Waals surface area contributed by atoms with Crippen molar-refractivity contribution < 1.29 is 61.9 Å². The lowest BCUT2D eigenvalue weighted by molar-refractivity contribution is -0.238. The van der Waals surface area contributed by atoms with Crippen LogP contribution in [-0.4, -0.2) is 91.2 Å². The Morgan fingerprint density at radius 1 is 1.12 bits per heavy atom. The number of phenols is 1. The highest BCUT2D eigenvalue weighted by Gasteiger charge is 2.69. The van der Waals surface area contributed by atoms with E-state index < -0.39 is 110 Å². The number of nitrogens with one attached hydrogen (secondary N) is 1. The van der Waals surface area contributed by atoms with Gasteiger partial charge in [-0.05, 0) is 25.7 Å². The van der Waals surface area contributed by atoms with Gasteiger partial charge in [-0.1, -0.05) is 12.1 Å². The molecule has 0 saturated heterocycles. The monoisotopic (exact) mass is 595 g/mol. The number of aliphatic hydroxyl groups excluding tert-OH is 3. The van der Waals surface area contributed by atoms with E-state index in [9.17, 15) is 61.9 Å². The number of hydrogen-bond donors (Lipinski definition) is 7. The number of ketones is 2. The maximum atomic E-state index is 13.9. The van der Waals surface area contributed by atoms with Crippen molar-refractivity contribution in [3.63, 3.8) is 0 Å². The van der Waals surface area contributed by atoms with Crippen LogP contribution in [0.3, 0.4) is 0 Å². The number of aliphatic hydroxyl groups is 4. The van der Waals surface area contributed by atoms with Gasteiger partial charge in [-0.2, -0.15) is 22.0 Å². The number of benzene rings is 1. The molecule has 1 fully saturated rings. The minimum Gasteiger partial charge on any atom is -0.508 e. The van der Waals surface area contributed by atoms with Crippen molar-refractivity contribution in [1.82, 2.24) is 9.62 Å². The minimum atomic E-state index is -6.03. The molecule has 17 heteroatoms. The Bertz CT molecular complexity index is 1380. The molecule has 1 aromatic carbocycles. The Kier molecular flexibility index (Phi) is 6.99. The average Bonchev–Trinajstić information content (AvgIpc) is 2.82. The largest absolute Gasteiger partial charge is 0.508 e. The Hall–Kier alpha value is -3.25. The summed E-state index contributed by atoms with van der Waals surface area (Å²) < 4.78 is 68.5. The molecule has 0 spiro atoms. The zero-order valence-corrected chi connectivity index (χ0v) is 21.2. The summed E-state index contributed by atoms with van der Waals surface area (Å²) in [7, 11) is 2.49. The molecule has 3 aliphatic carbocycles. The molecule has 0 bridgehead atoms. The van der Waals surface area contributed by atoms with Crippen molar-refractivity contribution >= 4 is 35.2 Å². The summed E-state index contributed by atoms with van der Waals surface area (Å²) in [6.07, 6.45) is -8.25. The van der Waals surface area contributed by atoms with Crippen molar-refractivity contribution in [3.8, 4) is 5.75 Å². The molecule has 0 aromatic heterocycles. The van der Waals surface area contributed by atoms with Gasteiger partial charge in [-0.25, -0.2) is 0 Å². The van der Waals surface area contributed by atoms with E-state index in [0.29, 0.717) is 0 Å². The average molecular weight is 595 g/mol. The molecule has 1 saturated carbocycles. The minimum absolute atomic E-state index is 0.310. The summed E-state index contributed by atoms with van der Waals surface area (Å²) in [6.45, 7) is 0. The van der Waals surface area contributed by atoms with Crippen molar-refractivity contribution in [2.45, 2.75) is 35.2 Å². The SMILES string of the molecule is CN(C)[C@@H]1C(=O)C(C(N)=O)=C(O)[C@@]2(O)C(=O)C3=C(O)c4c(O)cccc4[C@H](NSC(F)(F)C(F)(F)F)[C@H]3[C@H](O)[C@@H]12. The zero-order chi connectivity index (χ0) is 30.3. The molecule has 8 N–H and O–H groups in total. The first-order valence-electron chi connectivity index (χ1n) is 11.3. The number of aromatic hydroxyl groups is 1. The molecular weight excluding hydrogens is 573 g/mol. The van der Waals surface area contributed by atoms with Gasteiger partial charge in [0.15, 0.2) is 11.4 Å². The molecule has 0 aliphatic heterocycles. The van der Waals surface area contributed by atoms with Gasteiger partial charge in [0.2, 0.25) is 5.78 Å². The molecule has 218 valence electrons. The number of amides is 1. The summed E-state index contributed by atoms with van der Waals surface area (Å²) >= 11 is -1.11. The molecule has 6 atom stereocenters. The summed E-state index contributed by atoms with van der Waals surface area (Å²) in [5, 5.41) is 50.0. The number of carbonyl (C=O) groups excluding carboxylic acids is 3. The number of nitrogens with zero attached hydrogens (tertiary/aromatic N) is 1. The van der Waals surface area contributed by atoms with Crippen molar-refractivity contribution in [3.05, 3.63) is 46.2 Å². The van der Waals surface area contributed by atoms with Crippen LogP contribution < -0.4 is 10.5 Å². The normalized spacial score (nSPS) is 30.8. The quantitative estimate of drug-likeness (QED) is 0.145. The Labute approximate surface area is 225 Å². The van der Waals surface area contributed by atoms with Gasteiger partial charge in [0.05, 0.1) is 29.7 Å². The molecule has 0 radical (unpaired) electrons. The van der Waals surface area contributed by atoms with E-state index in [2.05, 4.69) is 0 Å². The maximum Gasteiger partial charge on any atom is 0.465 e. The maximum absolute atomic E-state index is 13.9. The molecular formula is C23H22F5N3O8S. The highest BCUT2D eigenvalue weighted by molar-refractivity contribution is 7.98. The van der Waals surface area contributed by atoms with Crippen LogP contribution in [0.2, 0.25) is 0 Å². The van der Waals surface area contributed by atoms with E-state index in [1.165, 1.54) is 14.1 Å². The van der Waals surface area contributed by atoms with Gasteiger partial charge in [-0.3, -0.25) is 24.0 Å². The van der Waals surface area contributed by atoms with Gasteiger partial charge in [0, 0.05) is 23.4 Å². The number of carbonyl (C=O) groups is 3. The summed E-state index contributed by atoms with van der Waals surface area (Å²) in [6, 6.07) is -0.350. The van der Waals surface area contributed by atoms with Crippen LogP contribution in [-0.2, 0) is 14.4 Å². The van der Waals surface area contributed by atoms with Crippen LogP contribution in [0.15, 0.2) is 35.1 Å². The molecule has 40 heavy (non-hydrogen) atoms. The van der Waals surface area contributed by atoms with Gasteiger partial charge >= 0.3 is 11.4 Å². The first kappa shape index (κ1) is 29.7. The predicted molar refractivity (Wildman–Crippen MR) is 126 cm³/mol. The fraction of sp³-hybridized carbons (Fsp3) is 0.435. The number of rotatable bonds is 5.